The predicted molar refractivity (Wildman–Crippen MR) is 77.2 cm³/mol. The summed E-state index contributed by atoms with van der Waals surface area (Å²) in [5.74, 6) is -0.610. The average molecular weight is 281 g/mol. The highest BCUT2D eigenvalue weighted by Gasteiger charge is 2.41. The fraction of sp³-hybridized carbons (Fsp3) is 0.875. The van der Waals surface area contributed by atoms with Crippen LogP contribution in [0.1, 0.15) is 58.8 Å². The summed E-state index contributed by atoms with van der Waals surface area (Å²) in [5.41, 5.74) is 0. The molecule has 2 N–H and O–H groups in total. The molecule has 2 fully saturated rings. The minimum atomic E-state index is -0.815. The van der Waals surface area contributed by atoms with Crippen LogP contribution in [-0.4, -0.2) is 23.0 Å². The van der Waals surface area contributed by atoms with Crippen LogP contribution in [0.5, 0.6) is 0 Å². The van der Waals surface area contributed by atoms with E-state index in [-0.39, 0.29) is 17.9 Å². The van der Waals surface area contributed by atoms with Crippen LogP contribution in [0.3, 0.4) is 0 Å². The molecule has 4 nitrogen and oxygen atoms in total. The van der Waals surface area contributed by atoms with Gasteiger partial charge in [-0.15, -0.1) is 0 Å². The normalized spacial score (nSPS) is 37.6. The number of rotatable bonds is 4. The van der Waals surface area contributed by atoms with Crippen molar-refractivity contribution < 1.29 is 14.7 Å². The Balaban J connectivity index is 1.92. The molecule has 0 aromatic rings. The van der Waals surface area contributed by atoms with E-state index in [4.69, 9.17) is 0 Å². The Bertz CT molecular complexity index is 369. The zero-order valence-corrected chi connectivity index (χ0v) is 12.6. The minimum Gasteiger partial charge on any atom is -0.481 e. The molecule has 0 aromatic carbocycles. The molecule has 114 valence electrons. The molecule has 20 heavy (non-hydrogen) atoms. The molecule has 0 aliphatic heterocycles. The van der Waals surface area contributed by atoms with Crippen LogP contribution in [0.4, 0.5) is 0 Å². The highest BCUT2D eigenvalue weighted by atomic mass is 16.4. The standard InChI is InChI=1S/C16H27NO3/c1-3-11-5-4-6-12(9-11)17-15(18)13-7-10(2)8-14(13)16(19)20/h10-14H,3-9H2,1-2H3,(H,17,18)(H,19,20)/t10?,11?,12?,13-,14+/m0/s1. The fourth-order valence-electron chi connectivity index (χ4n) is 3.96. The summed E-state index contributed by atoms with van der Waals surface area (Å²) in [4.78, 5) is 23.7. The number of carbonyl (C=O) groups is 2. The van der Waals surface area contributed by atoms with Crippen molar-refractivity contribution >= 4 is 11.9 Å². The van der Waals surface area contributed by atoms with Crippen molar-refractivity contribution in [1.29, 1.82) is 0 Å². The van der Waals surface area contributed by atoms with Gasteiger partial charge >= 0.3 is 5.97 Å². The van der Waals surface area contributed by atoms with Crippen molar-refractivity contribution in [2.75, 3.05) is 0 Å². The molecule has 2 saturated carbocycles. The number of hydrogen-bond acceptors (Lipinski definition) is 2. The number of carbonyl (C=O) groups excluding carboxylic acids is 1. The number of aliphatic carboxylic acids is 1. The number of nitrogens with one attached hydrogen (secondary N) is 1. The highest BCUT2D eigenvalue weighted by Crippen LogP contribution is 2.37. The van der Waals surface area contributed by atoms with E-state index in [9.17, 15) is 14.7 Å². The Labute approximate surface area is 121 Å². The van der Waals surface area contributed by atoms with Gasteiger partial charge in [-0.3, -0.25) is 9.59 Å². The summed E-state index contributed by atoms with van der Waals surface area (Å²) >= 11 is 0. The van der Waals surface area contributed by atoms with E-state index in [1.807, 2.05) is 6.92 Å². The second kappa shape index (κ2) is 6.59. The van der Waals surface area contributed by atoms with Gasteiger partial charge in [-0.05, 0) is 37.5 Å². The third kappa shape index (κ3) is 3.53. The van der Waals surface area contributed by atoms with Crippen LogP contribution in [0.2, 0.25) is 0 Å². The van der Waals surface area contributed by atoms with Gasteiger partial charge in [-0.1, -0.05) is 33.1 Å². The molecule has 2 aliphatic carbocycles. The van der Waals surface area contributed by atoms with Crippen LogP contribution >= 0.6 is 0 Å². The highest BCUT2D eigenvalue weighted by molar-refractivity contribution is 5.85. The zero-order valence-electron chi connectivity index (χ0n) is 12.6. The maximum Gasteiger partial charge on any atom is 0.307 e. The minimum absolute atomic E-state index is 0.0245. The van der Waals surface area contributed by atoms with Gasteiger partial charge in [0.1, 0.15) is 0 Å². The first kappa shape index (κ1) is 15.3. The lowest BCUT2D eigenvalue weighted by molar-refractivity contribution is -0.146. The summed E-state index contributed by atoms with van der Waals surface area (Å²) in [6, 6.07) is 0.256. The molecule has 4 heteroatoms. The third-order valence-corrected chi connectivity index (χ3v) is 5.16. The maximum absolute atomic E-state index is 12.4. The topological polar surface area (TPSA) is 66.4 Å². The van der Waals surface area contributed by atoms with Crippen molar-refractivity contribution in [3.63, 3.8) is 0 Å². The van der Waals surface area contributed by atoms with E-state index in [0.29, 0.717) is 24.7 Å². The van der Waals surface area contributed by atoms with Crippen LogP contribution in [0, 0.1) is 23.7 Å². The molecule has 0 spiro atoms. The summed E-state index contributed by atoms with van der Waals surface area (Å²) in [5, 5.41) is 12.4. The van der Waals surface area contributed by atoms with Gasteiger partial charge in [0.05, 0.1) is 11.8 Å². The van der Waals surface area contributed by atoms with E-state index in [0.717, 1.165) is 12.8 Å². The summed E-state index contributed by atoms with van der Waals surface area (Å²) in [6.07, 6.45) is 7.06. The summed E-state index contributed by atoms with van der Waals surface area (Å²) in [6.45, 7) is 4.24. The van der Waals surface area contributed by atoms with Gasteiger partial charge in [-0.25, -0.2) is 0 Å². The second-order valence-corrected chi connectivity index (χ2v) is 6.77. The van der Waals surface area contributed by atoms with Crippen LogP contribution in [0.15, 0.2) is 0 Å². The molecule has 0 heterocycles. The Morgan fingerprint density at radius 3 is 2.50 bits per heavy atom. The van der Waals surface area contributed by atoms with Gasteiger partial charge in [0.15, 0.2) is 0 Å². The molecular weight excluding hydrogens is 254 g/mol. The monoisotopic (exact) mass is 281 g/mol. The quantitative estimate of drug-likeness (QED) is 0.832. The van der Waals surface area contributed by atoms with Crippen molar-refractivity contribution in [2.24, 2.45) is 23.7 Å². The molecule has 0 saturated heterocycles. The van der Waals surface area contributed by atoms with E-state index in [1.54, 1.807) is 0 Å². The van der Waals surface area contributed by atoms with Crippen LogP contribution in [0.25, 0.3) is 0 Å². The fourth-order valence-corrected chi connectivity index (χ4v) is 3.96. The predicted octanol–water partition coefficient (Wildman–Crippen LogP) is 2.82. The van der Waals surface area contributed by atoms with Crippen molar-refractivity contribution in [2.45, 2.75) is 64.8 Å². The van der Waals surface area contributed by atoms with Crippen molar-refractivity contribution in [3.8, 4) is 0 Å². The molecular formula is C16H27NO3. The van der Waals surface area contributed by atoms with Gasteiger partial charge in [-0.2, -0.15) is 0 Å². The Hall–Kier alpha value is -1.06. The average Bonchev–Trinajstić information content (AvgIpc) is 2.81. The number of hydrogen-bond donors (Lipinski definition) is 2. The maximum atomic E-state index is 12.4. The lowest BCUT2D eigenvalue weighted by atomic mass is 9.83. The van der Waals surface area contributed by atoms with Gasteiger partial charge < -0.3 is 10.4 Å². The van der Waals surface area contributed by atoms with Gasteiger partial charge in [0.2, 0.25) is 5.91 Å². The number of carboxylic acid groups (broad SMARTS) is 1. The van der Waals surface area contributed by atoms with Gasteiger partial charge in [0, 0.05) is 6.04 Å². The first-order valence-corrected chi connectivity index (χ1v) is 8.04. The number of amides is 1. The molecule has 1 amide bonds. The van der Waals surface area contributed by atoms with E-state index < -0.39 is 11.9 Å². The van der Waals surface area contributed by atoms with E-state index >= 15 is 0 Å². The lowest BCUT2D eigenvalue weighted by Gasteiger charge is -2.30. The first-order chi connectivity index (χ1) is 9.51. The summed E-state index contributed by atoms with van der Waals surface area (Å²) in [7, 11) is 0. The third-order valence-electron chi connectivity index (χ3n) is 5.16. The smallest absolute Gasteiger partial charge is 0.307 e. The van der Waals surface area contributed by atoms with Crippen molar-refractivity contribution in [3.05, 3.63) is 0 Å². The largest absolute Gasteiger partial charge is 0.481 e. The second-order valence-electron chi connectivity index (χ2n) is 6.77. The number of carboxylic acids is 1. The molecule has 2 aliphatic rings. The van der Waals surface area contributed by atoms with Crippen molar-refractivity contribution in [1.82, 2.24) is 5.32 Å². The van der Waals surface area contributed by atoms with Gasteiger partial charge in [0.25, 0.3) is 0 Å². The Morgan fingerprint density at radius 1 is 1.15 bits per heavy atom. The zero-order chi connectivity index (χ0) is 14.7. The first-order valence-electron chi connectivity index (χ1n) is 8.04. The molecule has 0 bridgehead atoms. The van der Waals surface area contributed by atoms with Crippen LogP contribution < -0.4 is 5.32 Å². The Morgan fingerprint density at radius 2 is 1.85 bits per heavy atom. The molecule has 5 atom stereocenters. The lowest BCUT2D eigenvalue weighted by Crippen LogP contribution is -2.43. The van der Waals surface area contributed by atoms with E-state index in [1.165, 1.54) is 19.3 Å². The Kier molecular flexibility index (Phi) is 5.06. The molecule has 2 rings (SSSR count). The molecule has 0 aromatic heterocycles. The SMILES string of the molecule is CCC1CCCC(NC(=O)[C@H]2CC(C)C[C@H]2C(=O)O)C1. The molecule has 0 radical (unpaired) electrons. The molecule has 3 unspecified atom stereocenters. The van der Waals surface area contributed by atoms with E-state index in [2.05, 4.69) is 12.2 Å². The summed E-state index contributed by atoms with van der Waals surface area (Å²) < 4.78 is 0. The van der Waals surface area contributed by atoms with Crippen LogP contribution in [-0.2, 0) is 9.59 Å².